The molecule has 5 heteroatoms. The summed E-state index contributed by atoms with van der Waals surface area (Å²) in [6.07, 6.45) is 6.93. The number of hydrogen-bond donors (Lipinski definition) is 1. The Kier molecular flexibility index (Phi) is 2.70. The normalized spacial score (nSPS) is 23.7. The van der Waals surface area contributed by atoms with Gasteiger partial charge in [-0.05, 0) is 19.0 Å². The van der Waals surface area contributed by atoms with Gasteiger partial charge in [-0.15, -0.1) is 0 Å². The maximum atomic E-state index is 4.33. The smallest absolute Gasteiger partial charge is 0.0952 e. The monoisotopic (exact) mass is 245 g/mol. The molecule has 0 aliphatic carbocycles. The second-order valence-corrected chi connectivity index (χ2v) is 5.34. The number of hydrogen-bond acceptors (Lipinski definition) is 3. The van der Waals surface area contributed by atoms with Crippen LogP contribution >= 0.6 is 0 Å². The molecule has 1 saturated heterocycles. The predicted octanol–water partition coefficient (Wildman–Crippen LogP) is 0.916. The van der Waals surface area contributed by atoms with Gasteiger partial charge in [0, 0.05) is 37.1 Å². The molecule has 1 unspecified atom stereocenters. The topological polar surface area (TPSA) is 47.7 Å². The average Bonchev–Trinajstić information content (AvgIpc) is 3.03. The lowest BCUT2D eigenvalue weighted by Gasteiger charge is -2.24. The third-order valence-electron chi connectivity index (χ3n) is 3.95. The Bertz CT molecular complexity index is 533. The van der Waals surface area contributed by atoms with Gasteiger partial charge in [0.05, 0.1) is 18.6 Å². The zero-order valence-electron chi connectivity index (χ0n) is 10.9. The van der Waals surface area contributed by atoms with Crippen molar-refractivity contribution in [2.45, 2.75) is 25.3 Å². The first-order valence-electron chi connectivity index (χ1n) is 6.37. The maximum Gasteiger partial charge on any atom is 0.0952 e. The summed E-state index contributed by atoms with van der Waals surface area (Å²) >= 11 is 0. The van der Waals surface area contributed by atoms with E-state index in [1.807, 2.05) is 30.5 Å². The van der Waals surface area contributed by atoms with E-state index in [1.54, 1.807) is 0 Å². The van der Waals surface area contributed by atoms with Crippen LogP contribution in [0.15, 0.2) is 24.8 Å². The van der Waals surface area contributed by atoms with Crippen LogP contribution in [0, 0.1) is 0 Å². The van der Waals surface area contributed by atoms with E-state index in [2.05, 4.69) is 33.0 Å². The van der Waals surface area contributed by atoms with Crippen LogP contribution in [-0.4, -0.2) is 32.4 Å². The van der Waals surface area contributed by atoms with Crippen LogP contribution < -0.4 is 5.32 Å². The fraction of sp³-hybridized carbons (Fsp3) is 0.538. The minimum Gasteiger partial charge on any atom is -0.328 e. The molecule has 5 nitrogen and oxygen atoms in total. The SMILES string of the molecule is Cn1nccc1Cn1cncc1C1(C)CCNC1. The zero-order chi connectivity index (χ0) is 12.6. The molecular weight excluding hydrogens is 226 g/mol. The van der Waals surface area contributed by atoms with Crippen LogP contribution in [0.1, 0.15) is 24.7 Å². The summed E-state index contributed by atoms with van der Waals surface area (Å²) < 4.78 is 4.16. The Morgan fingerprint density at radius 2 is 2.39 bits per heavy atom. The van der Waals surface area contributed by atoms with E-state index in [0.717, 1.165) is 19.6 Å². The van der Waals surface area contributed by atoms with Crippen LogP contribution in [0.2, 0.25) is 0 Å². The van der Waals surface area contributed by atoms with Crippen LogP contribution in [0.25, 0.3) is 0 Å². The van der Waals surface area contributed by atoms with E-state index in [-0.39, 0.29) is 5.41 Å². The Balaban J connectivity index is 1.90. The van der Waals surface area contributed by atoms with Gasteiger partial charge in [0.2, 0.25) is 0 Å². The molecule has 2 aromatic rings. The molecule has 1 aliphatic rings. The molecule has 2 aromatic heterocycles. The van der Waals surface area contributed by atoms with E-state index in [4.69, 9.17) is 0 Å². The molecule has 0 radical (unpaired) electrons. The van der Waals surface area contributed by atoms with E-state index in [1.165, 1.54) is 17.8 Å². The van der Waals surface area contributed by atoms with Gasteiger partial charge in [-0.25, -0.2) is 4.98 Å². The molecule has 1 fully saturated rings. The zero-order valence-corrected chi connectivity index (χ0v) is 10.9. The summed E-state index contributed by atoms with van der Waals surface area (Å²) in [5.41, 5.74) is 2.72. The summed E-state index contributed by atoms with van der Waals surface area (Å²) in [6.45, 7) is 5.27. The first-order valence-corrected chi connectivity index (χ1v) is 6.37. The average molecular weight is 245 g/mol. The van der Waals surface area contributed by atoms with Crippen molar-refractivity contribution in [1.29, 1.82) is 0 Å². The summed E-state index contributed by atoms with van der Waals surface area (Å²) in [4.78, 5) is 4.33. The number of nitrogens with one attached hydrogen (secondary N) is 1. The van der Waals surface area contributed by atoms with E-state index in [0.29, 0.717) is 0 Å². The second-order valence-electron chi connectivity index (χ2n) is 5.34. The Morgan fingerprint density at radius 1 is 1.50 bits per heavy atom. The third-order valence-corrected chi connectivity index (χ3v) is 3.95. The van der Waals surface area contributed by atoms with Crippen molar-refractivity contribution in [3.05, 3.63) is 36.2 Å². The minimum absolute atomic E-state index is 0.203. The number of rotatable bonds is 3. The molecule has 3 rings (SSSR count). The maximum absolute atomic E-state index is 4.33. The van der Waals surface area contributed by atoms with E-state index >= 15 is 0 Å². The lowest BCUT2D eigenvalue weighted by molar-refractivity contribution is 0.477. The molecule has 0 spiro atoms. The molecule has 0 bridgehead atoms. The van der Waals surface area contributed by atoms with Crippen molar-refractivity contribution in [2.75, 3.05) is 13.1 Å². The van der Waals surface area contributed by atoms with Crippen molar-refractivity contribution >= 4 is 0 Å². The molecule has 96 valence electrons. The molecule has 0 amide bonds. The Labute approximate surface area is 107 Å². The van der Waals surface area contributed by atoms with Crippen LogP contribution in [-0.2, 0) is 19.0 Å². The van der Waals surface area contributed by atoms with Crippen molar-refractivity contribution in [3.8, 4) is 0 Å². The van der Waals surface area contributed by atoms with Gasteiger partial charge in [-0.2, -0.15) is 5.10 Å². The van der Waals surface area contributed by atoms with Crippen LogP contribution in [0.5, 0.6) is 0 Å². The quantitative estimate of drug-likeness (QED) is 0.874. The first kappa shape index (κ1) is 11.5. The number of aromatic nitrogens is 4. The highest BCUT2D eigenvalue weighted by Crippen LogP contribution is 2.30. The van der Waals surface area contributed by atoms with E-state index in [9.17, 15) is 0 Å². The predicted molar refractivity (Wildman–Crippen MR) is 69.4 cm³/mol. The van der Waals surface area contributed by atoms with Crippen LogP contribution in [0.3, 0.4) is 0 Å². The molecular formula is C13H19N5. The first-order chi connectivity index (χ1) is 8.69. The van der Waals surface area contributed by atoms with Gasteiger partial charge in [0.25, 0.3) is 0 Å². The molecule has 1 N–H and O–H groups in total. The third kappa shape index (κ3) is 1.84. The number of imidazole rings is 1. The lowest BCUT2D eigenvalue weighted by atomic mass is 9.86. The fourth-order valence-corrected chi connectivity index (χ4v) is 2.72. The molecule has 18 heavy (non-hydrogen) atoms. The summed E-state index contributed by atoms with van der Waals surface area (Å²) in [5.74, 6) is 0. The largest absolute Gasteiger partial charge is 0.328 e. The van der Waals surface area contributed by atoms with Gasteiger partial charge in [-0.3, -0.25) is 4.68 Å². The second kappa shape index (κ2) is 4.24. The summed E-state index contributed by atoms with van der Waals surface area (Å²) in [7, 11) is 1.98. The number of aryl methyl sites for hydroxylation is 1. The van der Waals surface area contributed by atoms with Crippen molar-refractivity contribution in [3.63, 3.8) is 0 Å². The van der Waals surface area contributed by atoms with E-state index < -0.39 is 0 Å². The summed E-state index contributed by atoms with van der Waals surface area (Å²) in [5, 5.41) is 7.65. The van der Waals surface area contributed by atoms with Crippen molar-refractivity contribution < 1.29 is 0 Å². The van der Waals surface area contributed by atoms with Gasteiger partial charge in [-0.1, -0.05) is 6.92 Å². The van der Waals surface area contributed by atoms with Crippen LogP contribution in [0.4, 0.5) is 0 Å². The van der Waals surface area contributed by atoms with Gasteiger partial charge in [0.1, 0.15) is 0 Å². The number of nitrogens with zero attached hydrogens (tertiary/aromatic N) is 4. The highest BCUT2D eigenvalue weighted by molar-refractivity contribution is 5.18. The minimum atomic E-state index is 0.203. The highest BCUT2D eigenvalue weighted by atomic mass is 15.3. The molecule has 1 aliphatic heterocycles. The van der Waals surface area contributed by atoms with Gasteiger partial charge in [0.15, 0.2) is 0 Å². The molecule has 0 saturated carbocycles. The fourth-order valence-electron chi connectivity index (χ4n) is 2.72. The Morgan fingerprint density at radius 3 is 3.06 bits per heavy atom. The van der Waals surface area contributed by atoms with Crippen molar-refractivity contribution in [1.82, 2.24) is 24.6 Å². The molecule has 3 heterocycles. The molecule has 0 aromatic carbocycles. The standard InChI is InChI=1S/C13H19N5/c1-13(4-6-14-9-13)12-7-15-10-18(12)8-11-3-5-16-17(11)2/h3,5,7,10,14H,4,6,8-9H2,1-2H3. The Hall–Kier alpha value is -1.62. The van der Waals surface area contributed by atoms with Crippen molar-refractivity contribution in [2.24, 2.45) is 7.05 Å². The lowest BCUT2D eigenvalue weighted by Crippen LogP contribution is -2.28. The summed E-state index contributed by atoms with van der Waals surface area (Å²) in [6, 6.07) is 2.05. The van der Waals surface area contributed by atoms with Gasteiger partial charge < -0.3 is 9.88 Å². The highest BCUT2D eigenvalue weighted by Gasteiger charge is 2.33. The molecule has 1 atom stereocenters. The van der Waals surface area contributed by atoms with Gasteiger partial charge >= 0.3 is 0 Å².